The van der Waals surface area contributed by atoms with E-state index >= 15 is 0 Å². The topological polar surface area (TPSA) is 3.24 Å². The molecule has 3 unspecified atom stereocenters. The third-order valence-electron chi connectivity index (χ3n) is 3.33. The van der Waals surface area contributed by atoms with Crippen molar-refractivity contribution in [3.8, 4) is 0 Å². The molecule has 0 aromatic heterocycles. The van der Waals surface area contributed by atoms with Crippen LogP contribution in [0.5, 0.6) is 0 Å². The van der Waals surface area contributed by atoms with Gasteiger partial charge in [0, 0.05) is 19.0 Å². The number of alkyl halides is 1. The van der Waals surface area contributed by atoms with Crippen molar-refractivity contribution in [3.63, 3.8) is 0 Å². The predicted molar refractivity (Wildman–Crippen MR) is 43.3 cm³/mol. The molecule has 0 aromatic carbocycles. The summed E-state index contributed by atoms with van der Waals surface area (Å²) in [6.07, 6.45) is 2.62. The second kappa shape index (κ2) is 2.44. The molecule has 3 heterocycles. The van der Waals surface area contributed by atoms with Crippen LogP contribution in [0, 0.1) is 5.92 Å². The third kappa shape index (κ3) is 1.18. The molecule has 0 radical (unpaired) electrons. The van der Waals surface area contributed by atoms with Crippen LogP contribution in [0.1, 0.15) is 26.2 Å². The summed E-state index contributed by atoms with van der Waals surface area (Å²) in [4.78, 5) is 2.40. The standard InChI is InChI=1S/C9H16FN/c1-8-7-11-5-2-3-9(8,10)4-6-11/h8H,2-7H2,1H3. The molecule has 0 aliphatic carbocycles. The van der Waals surface area contributed by atoms with E-state index in [0.29, 0.717) is 0 Å². The Morgan fingerprint density at radius 2 is 2.18 bits per heavy atom. The summed E-state index contributed by atoms with van der Waals surface area (Å²) < 4.78 is 14.0. The third-order valence-corrected chi connectivity index (χ3v) is 3.33. The van der Waals surface area contributed by atoms with E-state index in [0.717, 1.165) is 38.9 Å². The fourth-order valence-electron chi connectivity index (χ4n) is 2.40. The molecule has 3 rings (SSSR count). The lowest BCUT2D eigenvalue weighted by Crippen LogP contribution is -2.44. The van der Waals surface area contributed by atoms with Crippen LogP contribution >= 0.6 is 0 Å². The first-order valence-corrected chi connectivity index (χ1v) is 4.62. The van der Waals surface area contributed by atoms with Crippen LogP contribution in [0.25, 0.3) is 0 Å². The van der Waals surface area contributed by atoms with E-state index in [1.807, 2.05) is 0 Å². The summed E-state index contributed by atoms with van der Waals surface area (Å²) in [7, 11) is 0. The lowest BCUT2D eigenvalue weighted by Gasteiger charge is -2.37. The minimum absolute atomic E-state index is 0.263. The lowest BCUT2D eigenvalue weighted by molar-refractivity contribution is 0.0270. The Balaban J connectivity index is 2.18. The minimum atomic E-state index is -0.812. The number of nitrogens with zero attached hydrogens (tertiary/aromatic N) is 1. The molecule has 0 saturated carbocycles. The van der Waals surface area contributed by atoms with Gasteiger partial charge in [0.1, 0.15) is 5.67 Å². The average Bonchev–Trinajstić information content (AvgIpc) is 2.20. The second-order valence-electron chi connectivity index (χ2n) is 4.09. The van der Waals surface area contributed by atoms with Crippen molar-refractivity contribution in [2.75, 3.05) is 19.6 Å². The number of fused-ring (bicyclic) bond motifs is 4. The van der Waals surface area contributed by atoms with Crippen LogP contribution in [0.3, 0.4) is 0 Å². The molecular weight excluding hydrogens is 141 g/mol. The van der Waals surface area contributed by atoms with Crippen molar-refractivity contribution in [2.45, 2.75) is 31.9 Å². The molecule has 0 amide bonds. The highest BCUT2D eigenvalue weighted by atomic mass is 19.1. The largest absolute Gasteiger partial charge is 0.303 e. The van der Waals surface area contributed by atoms with Gasteiger partial charge in [0.25, 0.3) is 0 Å². The minimum Gasteiger partial charge on any atom is -0.303 e. The van der Waals surface area contributed by atoms with Gasteiger partial charge in [-0.3, -0.25) is 0 Å². The van der Waals surface area contributed by atoms with Gasteiger partial charge in [0.05, 0.1) is 0 Å². The Hall–Kier alpha value is -0.110. The van der Waals surface area contributed by atoms with E-state index in [-0.39, 0.29) is 5.92 Å². The summed E-state index contributed by atoms with van der Waals surface area (Å²) in [6, 6.07) is 0. The molecule has 64 valence electrons. The van der Waals surface area contributed by atoms with E-state index in [1.54, 1.807) is 0 Å². The molecule has 0 N–H and O–H groups in total. The first-order valence-electron chi connectivity index (χ1n) is 4.62. The molecule has 2 bridgehead atoms. The van der Waals surface area contributed by atoms with Crippen molar-refractivity contribution in [1.82, 2.24) is 4.90 Å². The molecule has 3 fully saturated rings. The van der Waals surface area contributed by atoms with Gasteiger partial charge in [0.15, 0.2) is 0 Å². The van der Waals surface area contributed by atoms with Crippen LogP contribution < -0.4 is 0 Å². The normalized spacial score (nSPS) is 50.7. The molecule has 0 spiro atoms. The second-order valence-corrected chi connectivity index (χ2v) is 4.09. The molecule has 3 saturated heterocycles. The maximum absolute atomic E-state index is 14.0. The van der Waals surface area contributed by atoms with Crippen molar-refractivity contribution in [2.24, 2.45) is 5.92 Å². The SMILES string of the molecule is CC1CN2CCCC1(F)CC2. The molecule has 0 aromatic rings. The fraction of sp³-hybridized carbons (Fsp3) is 1.00. The van der Waals surface area contributed by atoms with E-state index in [4.69, 9.17) is 0 Å². The zero-order chi connectivity index (χ0) is 7.90. The van der Waals surface area contributed by atoms with Crippen LogP contribution in [0.15, 0.2) is 0 Å². The first-order chi connectivity index (χ1) is 5.21. The van der Waals surface area contributed by atoms with Crippen molar-refractivity contribution in [1.29, 1.82) is 0 Å². The Morgan fingerprint density at radius 3 is 2.91 bits per heavy atom. The maximum atomic E-state index is 14.0. The molecule has 2 heteroatoms. The van der Waals surface area contributed by atoms with Gasteiger partial charge in [-0.2, -0.15) is 0 Å². The molecular formula is C9H16FN. The van der Waals surface area contributed by atoms with Crippen LogP contribution in [0.4, 0.5) is 4.39 Å². The van der Waals surface area contributed by atoms with Gasteiger partial charge in [-0.25, -0.2) is 4.39 Å². The summed E-state index contributed by atoms with van der Waals surface area (Å²) in [5, 5.41) is 0. The average molecular weight is 157 g/mol. The zero-order valence-corrected chi connectivity index (χ0v) is 7.15. The molecule has 11 heavy (non-hydrogen) atoms. The van der Waals surface area contributed by atoms with E-state index < -0.39 is 5.67 Å². The number of halogens is 1. The number of hydrogen-bond acceptors (Lipinski definition) is 1. The van der Waals surface area contributed by atoms with Gasteiger partial charge in [0.2, 0.25) is 0 Å². The highest BCUT2D eigenvalue weighted by Crippen LogP contribution is 2.38. The van der Waals surface area contributed by atoms with Crippen molar-refractivity contribution >= 4 is 0 Å². The van der Waals surface area contributed by atoms with Gasteiger partial charge < -0.3 is 4.90 Å². The van der Waals surface area contributed by atoms with Gasteiger partial charge in [-0.05, 0) is 25.8 Å². The number of rotatable bonds is 0. The number of piperidine rings is 1. The van der Waals surface area contributed by atoms with Crippen LogP contribution in [0.2, 0.25) is 0 Å². The van der Waals surface area contributed by atoms with E-state index in [1.165, 1.54) is 0 Å². The van der Waals surface area contributed by atoms with Crippen LogP contribution in [-0.4, -0.2) is 30.2 Å². The zero-order valence-electron chi connectivity index (χ0n) is 7.15. The molecule has 3 atom stereocenters. The first kappa shape index (κ1) is 7.53. The smallest absolute Gasteiger partial charge is 0.116 e. The summed E-state index contributed by atoms with van der Waals surface area (Å²) in [5.74, 6) is 0.263. The summed E-state index contributed by atoms with van der Waals surface area (Å²) >= 11 is 0. The summed E-state index contributed by atoms with van der Waals surface area (Å²) in [5.41, 5.74) is -0.812. The van der Waals surface area contributed by atoms with Gasteiger partial charge >= 0.3 is 0 Å². The Kier molecular flexibility index (Phi) is 1.67. The number of hydrogen-bond donors (Lipinski definition) is 0. The molecule has 3 aliphatic heterocycles. The fourth-order valence-corrected chi connectivity index (χ4v) is 2.40. The van der Waals surface area contributed by atoms with E-state index in [2.05, 4.69) is 11.8 Å². The quantitative estimate of drug-likeness (QED) is 0.518. The van der Waals surface area contributed by atoms with Crippen LogP contribution in [-0.2, 0) is 0 Å². The monoisotopic (exact) mass is 157 g/mol. The van der Waals surface area contributed by atoms with E-state index in [9.17, 15) is 4.39 Å². The molecule has 3 aliphatic rings. The maximum Gasteiger partial charge on any atom is 0.116 e. The summed E-state index contributed by atoms with van der Waals surface area (Å²) in [6.45, 7) is 5.14. The van der Waals surface area contributed by atoms with Crippen molar-refractivity contribution < 1.29 is 4.39 Å². The predicted octanol–water partition coefficient (Wildman–Crippen LogP) is 1.83. The Bertz CT molecular complexity index is 156. The van der Waals surface area contributed by atoms with Crippen molar-refractivity contribution in [3.05, 3.63) is 0 Å². The van der Waals surface area contributed by atoms with Gasteiger partial charge in [-0.1, -0.05) is 6.92 Å². The van der Waals surface area contributed by atoms with Gasteiger partial charge in [-0.15, -0.1) is 0 Å². The Labute approximate surface area is 67.6 Å². The highest BCUT2D eigenvalue weighted by molar-refractivity contribution is 4.94. The highest BCUT2D eigenvalue weighted by Gasteiger charge is 2.42. The lowest BCUT2D eigenvalue weighted by atomic mass is 9.83. The Morgan fingerprint density at radius 1 is 1.36 bits per heavy atom. The molecule has 1 nitrogen and oxygen atoms in total.